The van der Waals surface area contributed by atoms with E-state index in [0.29, 0.717) is 16.4 Å². The van der Waals surface area contributed by atoms with Crippen LogP contribution in [-0.4, -0.2) is 30.7 Å². The third-order valence-corrected chi connectivity index (χ3v) is 6.47. The van der Waals surface area contributed by atoms with Crippen LogP contribution in [0.2, 0.25) is 5.02 Å². The number of aryl methyl sites for hydroxylation is 2. The summed E-state index contributed by atoms with van der Waals surface area (Å²) in [5.41, 5.74) is 6.36. The van der Waals surface area contributed by atoms with Crippen LogP contribution < -0.4 is 9.64 Å². The van der Waals surface area contributed by atoms with Crippen LogP contribution >= 0.6 is 11.6 Å². The van der Waals surface area contributed by atoms with Gasteiger partial charge in [-0.15, -0.1) is 0 Å². The van der Waals surface area contributed by atoms with Gasteiger partial charge in [-0.2, -0.15) is 0 Å². The second-order valence-electron chi connectivity index (χ2n) is 8.46. The molecule has 35 heavy (non-hydrogen) atoms. The van der Waals surface area contributed by atoms with Gasteiger partial charge in [0.1, 0.15) is 5.75 Å². The van der Waals surface area contributed by atoms with Gasteiger partial charge in [0, 0.05) is 27.8 Å². The molecule has 6 nitrogen and oxygen atoms in total. The number of hydrogen-bond acceptors (Lipinski definition) is 4. The van der Waals surface area contributed by atoms with Gasteiger partial charge in [-0.3, -0.25) is 9.69 Å². The maximum absolute atomic E-state index is 13.6. The average molecular weight is 491 g/mol. The number of carbonyl (C=O) groups is 2. The first-order valence-corrected chi connectivity index (χ1v) is 11.5. The van der Waals surface area contributed by atoms with E-state index < -0.39 is 5.97 Å². The number of methoxy groups -OCH3 is 2. The molecule has 1 amide bonds. The molecule has 1 aliphatic heterocycles. The fraction of sp³-hybridized carbons (Fsp3) is 0.214. The summed E-state index contributed by atoms with van der Waals surface area (Å²) in [4.78, 5) is 27.9. The van der Waals surface area contributed by atoms with Crippen LogP contribution in [0.15, 0.2) is 65.4 Å². The number of aromatic nitrogens is 1. The first kappa shape index (κ1) is 24.4. The molecule has 0 aliphatic carbocycles. The molecule has 0 fully saturated rings. The SMILES string of the molecule is COC(=O)C1=C(C)N(c2ccc(Cl)cc2)C(=O)/C1=C\c1cc(C)n(-c2cc(C)ccc2OC)c1C. The highest BCUT2D eigenvalue weighted by molar-refractivity contribution is 6.30. The Labute approximate surface area is 210 Å². The van der Waals surface area contributed by atoms with Crippen molar-refractivity contribution in [3.05, 3.63) is 92.9 Å². The third-order valence-electron chi connectivity index (χ3n) is 6.22. The highest BCUT2D eigenvalue weighted by Crippen LogP contribution is 2.37. The van der Waals surface area contributed by atoms with E-state index in [2.05, 4.69) is 10.6 Å². The van der Waals surface area contributed by atoms with Crippen molar-refractivity contribution in [1.82, 2.24) is 4.57 Å². The molecule has 180 valence electrons. The number of anilines is 1. The number of rotatable bonds is 5. The lowest BCUT2D eigenvalue weighted by atomic mass is 10.0. The molecule has 0 bridgehead atoms. The van der Waals surface area contributed by atoms with Gasteiger partial charge in [-0.25, -0.2) is 4.79 Å². The fourth-order valence-electron chi connectivity index (χ4n) is 4.52. The summed E-state index contributed by atoms with van der Waals surface area (Å²) in [6, 6.07) is 14.9. The van der Waals surface area contributed by atoms with Gasteiger partial charge in [-0.1, -0.05) is 17.7 Å². The van der Waals surface area contributed by atoms with Crippen molar-refractivity contribution >= 4 is 35.2 Å². The quantitative estimate of drug-likeness (QED) is 0.328. The Morgan fingerprint density at radius 2 is 1.66 bits per heavy atom. The smallest absolute Gasteiger partial charge is 0.340 e. The number of carbonyl (C=O) groups excluding carboxylic acids is 2. The van der Waals surface area contributed by atoms with Gasteiger partial charge in [0.15, 0.2) is 0 Å². The van der Waals surface area contributed by atoms with Gasteiger partial charge in [0.05, 0.1) is 31.1 Å². The molecule has 1 aliphatic rings. The van der Waals surface area contributed by atoms with E-state index in [0.717, 1.165) is 34.0 Å². The second-order valence-corrected chi connectivity index (χ2v) is 8.90. The van der Waals surface area contributed by atoms with E-state index in [1.165, 1.54) is 12.0 Å². The number of benzene rings is 2. The lowest BCUT2D eigenvalue weighted by Crippen LogP contribution is -2.24. The summed E-state index contributed by atoms with van der Waals surface area (Å²) in [7, 11) is 2.95. The predicted octanol–water partition coefficient (Wildman–Crippen LogP) is 5.94. The van der Waals surface area contributed by atoms with E-state index in [4.69, 9.17) is 21.1 Å². The summed E-state index contributed by atoms with van der Waals surface area (Å²) >= 11 is 6.03. The van der Waals surface area contributed by atoms with Crippen LogP contribution in [0.25, 0.3) is 11.8 Å². The molecule has 0 atom stereocenters. The molecule has 4 rings (SSSR count). The number of esters is 1. The van der Waals surface area contributed by atoms with Gasteiger partial charge in [0.25, 0.3) is 5.91 Å². The van der Waals surface area contributed by atoms with Crippen LogP contribution in [0.3, 0.4) is 0 Å². The fourth-order valence-corrected chi connectivity index (χ4v) is 4.64. The number of hydrogen-bond donors (Lipinski definition) is 0. The summed E-state index contributed by atoms with van der Waals surface area (Å²) in [6.07, 6.45) is 1.76. The Bertz CT molecular complexity index is 1400. The molecular formula is C28H27ClN2O4. The van der Waals surface area contributed by atoms with Gasteiger partial charge in [-0.05, 0) is 87.4 Å². The number of amides is 1. The van der Waals surface area contributed by atoms with Crippen molar-refractivity contribution in [3.8, 4) is 11.4 Å². The Hall–Kier alpha value is -3.77. The molecule has 0 saturated carbocycles. The van der Waals surface area contributed by atoms with Gasteiger partial charge >= 0.3 is 5.97 Å². The number of ether oxygens (including phenoxy) is 2. The van der Waals surface area contributed by atoms with Crippen LogP contribution in [0.1, 0.15) is 29.4 Å². The van der Waals surface area contributed by atoms with Crippen molar-refractivity contribution in [2.24, 2.45) is 0 Å². The van der Waals surface area contributed by atoms with Crippen molar-refractivity contribution in [2.75, 3.05) is 19.1 Å². The average Bonchev–Trinajstić information content (AvgIpc) is 3.25. The molecule has 1 aromatic heterocycles. The van der Waals surface area contributed by atoms with Crippen molar-refractivity contribution in [2.45, 2.75) is 27.7 Å². The lowest BCUT2D eigenvalue weighted by Gasteiger charge is -2.18. The third kappa shape index (κ3) is 4.26. The minimum absolute atomic E-state index is 0.241. The first-order chi connectivity index (χ1) is 16.7. The second kappa shape index (κ2) is 9.47. The highest BCUT2D eigenvalue weighted by Gasteiger charge is 2.38. The standard InChI is InChI=1S/C28H27ClN2O4/c1-16-7-12-25(34-5)24(13-16)30-17(2)14-20(18(30)3)15-23-26(28(33)35-6)19(4)31(27(23)32)22-10-8-21(29)9-11-22/h7-15H,1-6H3/b23-15-. The maximum Gasteiger partial charge on any atom is 0.340 e. The van der Waals surface area contributed by atoms with Crippen LogP contribution in [-0.2, 0) is 14.3 Å². The predicted molar refractivity (Wildman–Crippen MR) is 138 cm³/mol. The highest BCUT2D eigenvalue weighted by atomic mass is 35.5. The van der Waals surface area contributed by atoms with Crippen LogP contribution in [0.4, 0.5) is 5.69 Å². The van der Waals surface area contributed by atoms with Crippen molar-refractivity contribution in [3.63, 3.8) is 0 Å². The molecule has 0 radical (unpaired) electrons. The summed E-state index contributed by atoms with van der Waals surface area (Å²) < 4.78 is 12.7. The topological polar surface area (TPSA) is 60.8 Å². The molecule has 7 heteroatoms. The van der Waals surface area contributed by atoms with E-state index in [1.54, 1.807) is 44.4 Å². The zero-order chi connectivity index (χ0) is 25.4. The monoisotopic (exact) mass is 490 g/mol. The van der Waals surface area contributed by atoms with Crippen molar-refractivity contribution in [1.29, 1.82) is 0 Å². The molecule has 0 spiro atoms. The number of halogens is 1. The Morgan fingerprint density at radius 1 is 0.971 bits per heavy atom. The van der Waals surface area contributed by atoms with Crippen molar-refractivity contribution < 1.29 is 19.1 Å². The van der Waals surface area contributed by atoms with Crippen LogP contribution in [0, 0.1) is 20.8 Å². The zero-order valence-electron chi connectivity index (χ0n) is 20.6. The Kier molecular flexibility index (Phi) is 6.59. The number of nitrogens with zero attached hydrogens (tertiary/aromatic N) is 2. The molecule has 0 saturated heterocycles. The summed E-state index contributed by atoms with van der Waals surface area (Å²) in [5.74, 6) is -0.121. The normalized spacial score (nSPS) is 14.8. The molecule has 0 unspecified atom stereocenters. The van der Waals surface area contributed by atoms with E-state index in [-0.39, 0.29) is 17.1 Å². The molecule has 0 N–H and O–H groups in total. The Balaban J connectivity index is 1.87. The maximum atomic E-state index is 13.6. The molecular weight excluding hydrogens is 464 g/mol. The minimum Gasteiger partial charge on any atom is -0.495 e. The molecule has 2 aromatic carbocycles. The summed E-state index contributed by atoms with van der Waals surface area (Å²) in [6.45, 7) is 7.74. The molecule has 3 aromatic rings. The van der Waals surface area contributed by atoms with E-state index in [9.17, 15) is 9.59 Å². The largest absolute Gasteiger partial charge is 0.495 e. The zero-order valence-corrected chi connectivity index (χ0v) is 21.4. The summed E-state index contributed by atoms with van der Waals surface area (Å²) in [5, 5.41) is 0.560. The lowest BCUT2D eigenvalue weighted by molar-refractivity contribution is -0.136. The van der Waals surface area contributed by atoms with E-state index >= 15 is 0 Å². The Morgan fingerprint density at radius 3 is 2.29 bits per heavy atom. The molecule has 2 heterocycles. The van der Waals surface area contributed by atoms with Crippen LogP contribution in [0.5, 0.6) is 5.75 Å². The first-order valence-electron chi connectivity index (χ1n) is 11.1. The minimum atomic E-state index is -0.562. The number of allylic oxidation sites excluding steroid dienone is 1. The van der Waals surface area contributed by atoms with Gasteiger partial charge in [0.2, 0.25) is 0 Å². The van der Waals surface area contributed by atoms with Gasteiger partial charge < -0.3 is 14.0 Å². The van der Waals surface area contributed by atoms with E-state index in [1.807, 2.05) is 39.0 Å².